The first-order valence-electron chi connectivity index (χ1n) is 9.61. The van der Waals surface area contributed by atoms with E-state index >= 15 is 0 Å². The number of nitrogens with zero attached hydrogens (tertiary/aromatic N) is 1. The van der Waals surface area contributed by atoms with Crippen molar-refractivity contribution in [3.8, 4) is 0 Å². The van der Waals surface area contributed by atoms with E-state index in [0.717, 1.165) is 12.1 Å². The maximum absolute atomic E-state index is 11.8. The van der Waals surface area contributed by atoms with Gasteiger partial charge in [-0.1, -0.05) is 12.1 Å². The highest BCUT2D eigenvalue weighted by Gasteiger charge is 2.15. The molecule has 0 aliphatic rings. The summed E-state index contributed by atoms with van der Waals surface area (Å²) >= 11 is 0. The number of alkyl carbamates (subject to hydrolysis) is 1. The molecule has 0 bridgehead atoms. The van der Waals surface area contributed by atoms with Crippen molar-refractivity contribution >= 4 is 41.9 Å². The van der Waals surface area contributed by atoms with E-state index in [0.29, 0.717) is 37.7 Å². The SMILES string of the molecule is CCNC(=O)c1ccc(CN=C(NCC)NCCNC(=O)OC(C)(C)C)cc1.I. The van der Waals surface area contributed by atoms with Crippen molar-refractivity contribution in [3.05, 3.63) is 35.4 Å². The number of aliphatic imine (C=N–C) groups is 1. The van der Waals surface area contributed by atoms with Crippen molar-refractivity contribution in [1.82, 2.24) is 21.3 Å². The number of hydrogen-bond donors (Lipinski definition) is 4. The van der Waals surface area contributed by atoms with Crippen molar-refractivity contribution < 1.29 is 14.3 Å². The Morgan fingerprint density at radius 3 is 2.07 bits per heavy atom. The van der Waals surface area contributed by atoms with Crippen LogP contribution in [0.4, 0.5) is 4.79 Å². The fourth-order valence-electron chi connectivity index (χ4n) is 2.20. The van der Waals surface area contributed by atoms with E-state index in [1.807, 2.05) is 46.8 Å². The zero-order chi connectivity index (χ0) is 21.0. The minimum Gasteiger partial charge on any atom is -0.444 e. The topological polar surface area (TPSA) is 104 Å². The second kappa shape index (κ2) is 14.0. The number of amides is 2. The summed E-state index contributed by atoms with van der Waals surface area (Å²) in [7, 11) is 0. The first-order chi connectivity index (χ1) is 13.2. The monoisotopic (exact) mass is 519 g/mol. The highest BCUT2D eigenvalue weighted by atomic mass is 127. The molecule has 1 aromatic carbocycles. The van der Waals surface area contributed by atoms with E-state index in [2.05, 4.69) is 26.3 Å². The summed E-state index contributed by atoms with van der Waals surface area (Å²) in [6.45, 7) is 12.1. The van der Waals surface area contributed by atoms with Gasteiger partial charge in [0, 0.05) is 31.7 Å². The van der Waals surface area contributed by atoms with E-state index in [1.54, 1.807) is 12.1 Å². The number of guanidine groups is 1. The van der Waals surface area contributed by atoms with Gasteiger partial charge in [-0.05, 0) is 52.3 Å². The predicted octanol–water partition coefficient (Wildman–Crippen LogP) is 2.63. The molecule has 0 spiro atoms. The van der Waals surface area contributed by atoms with Crippen molar-refractivity contribution in [3.63, 3.8) is 0 Å². The number of ether oxygens (including phenoxy) is 1. The quantitative estimate of drug-likeness (QED) is 0.183. The summed E-state index contributed by atoms with van der Waals surface area (Å²) in [5.74, 6) is 0.575. The van der Waals surface area contributed by atoms with Gasteiger partial charge in [0.25, 0.3) is 5.91 Å². The highest BCUT2D eigenvalue weighted by Crippen LogP contribution is 2.06. The van der Waals surface area contributed by atoms with Crippen LogP contribution in [0.3, 0.4) is 0 Å². The average molecular weight is 519 g/mol. The smallest absolute Gasteiger partial charge is 0.407 e. The zero-order valence-electron chi connectivity index (χ0n) is 17.9. The lowest BCUT2D eigenvalue weighted by atomic mass is 10.1. The van der Waals surface area contributed by atoms with Crippen LogP contribution in [0, 0.1) is 0 Å². The third kappa shape index (κ3) is 12.2. The van der Waals surface area contributed by atoms with E-state index in [4.69, 9.17) is 4.74 Å². The zero-order valence-corrected chi connectivity index (χ0v) is 20.3. The summed E-state index contributed by atoms with van der Waals surface area (Å²) in [4.78, 5) is 27.9. The largest absolute Gasteiger partial charge is 0.444 e. The molecule has 0 aliphatic carbocycles. The minimum atomic E-state index is -0.513. The van der Waals surface area contributed by atoms with Crippen LogP contribution in [0.15, 0.2) is 29.3 Å². The molecule has 0 fully saturated rings. The van der Waals surface area contributed by atoms with E-state index in [1.165, 1.54) is 0 Å². The van der Waals surface area contributed by atoms with Gasteiger partial charge in [0.15, 0.2) is 5.96 Å². The van der Waals surface area contributed by atoms with Gasteiger partial charge in [0.1, 0.15) is 5.60 Å². The molecular formula is C20H34IN5O3. The second-order valence-corrected chi connectivity index (χ2v) is 7.11. The van der Waals surface area contributed by atoms with Gasteiger partial charge in [0.2, 0.25) is 0 Å². The molecule has 8 nitrogen and oxygen atoms in total. The van der Waals surface area contributed by atoms with Crippen molar-refractivity contribution in [1.29, 1.82) is 0 Å². The van der Waals surface area contributed by atoms with E-state index in [-0.39, 0.29) is 29.9 Å². The molecular weight excluding hydrogens is 485 g/mol. The Bertz CT molecular complexity index is 657. The molecule has 29 heavy (non-hydrogen) atoms. The van der Waals surface area contributed by atoms with Crippen LogP contribution in [0.1, 0.15) is 50.5 Å². The molecule has 0 heterocycles. The maximum atomic E-state index is 11.8. The standard InChI is InChI=1S/C20H33N5O3.HI/c1-6-21-17(26)16-10-8-15(9-11-16)14-25-18(22-7-2)23-12-13-24-19(27)28-20(3,4)5;/h8-11H,6-7,12-14H2,1-5H3,(H,21,26)(H,24,27)(H2,22,23,25);1H. The molecule has 0 radical (unpaired) electrons. The highest BCUT2D eigenvalue weighted by molar-refractivity contribution is 14.0. The average Bonchev–Trinajstić information content (AvgIpc) is 2.62. The first-order valence-corrected chi connectivity index (χ1v) is 9.61. The molecule has 0 atom stereocenters. The number of halogens is 1. The lowest BCUT2D eigenvalue weighted by molar-refractivity contribution is 0.0528. The van der Waals surface area contributed by atoms with E-state index < -0.39 is 11.7 Å². The Kier molecular flexibility index (Phi) is 13.0. The molecule has 0 saturated carbocycles. The van der Waals surface area contributed by atoms with Gasteiger partial charge in [-0.2, -0.15) is 0 Å². The van der Waals surface area contributed by atoms with Gasteiger partial charge in [0.05, 0.1) is 6.54 Å². The number of carbonyl (C=O) groups excluding carboxylic acids is 2. The number of rotatable bonds is 8. The molecule has 2 amide bonds. The third-order valence-corrected chi connectivity index (χ3v) is 3.40. The van der Waals surface area contributed by atoms with Crippen molar-refractivity contribution in [2.24, 2.45) is 4.99 Å². The van der Waals surface area contributed by atoms with Crippen LogP contribution in [-0.2, 0) is 11.3 Å². The fraction of sp³-hybridized carbons (Fsp3) is 0.550. The molecule has 1 rings (SSSR count). The van der Waals surface area contributed by atoms with Gasteiger partial charge in [-0.3, -0.25) is 4.79 Å². The van der Waals surface area contributed by atoms with Gasteiger partial charge in [-0.25, -0.2) is 9.79 Å². The second-order valence-electron chi connectivity index (χ2n) is 7.11. The fourth-order valence-corrected chi connectivity index (χ4v) is 2.20. The third-order valence-electron chi connectivity index (χ3n) is 3.40. The summed E-state index contributed by atoms with van der Waals surface area (Å²) in [6, 6.07) is 7.37. The van der Waals surface area contributed by atoms with Crippen LogP contribution in [0.5, 0.6) is 0 Å². The molecule has 164 valence electrons. The van der Waals surface area contributed by atoms with Crippen LogP contribution < -0.4 is 21.3 Å². The molecule has 1 aromatic rings. The molecule has 4 N–H and O–H groups in total. The Hall–Kier alpha value is -2.04. The molecule has 9 heteroatoms. The lowest BCUT2D eigenvalue weighted by Crippen LogP contribution is -2.42. The Morgan fingerprint density at radius 1 is 0.931 bits per heavy atom. The summed E-state index contributed by atoms with van der Waals surface area (Å²) in [6.07, 6.45) is -0.441. The minimum absolute atomic E-state index is 0. The molecule has 0 saturated heterocycles. The Labute approximate surface area is 190 Å². The maximum Gasteiger partial charge on any atom is 0.407 e. The molecule has 0 unspecified atom stereocenters. The normalized spacial score (nSPS) is 11.1. The lowest BCUT2D eigenvalue weighted by Gasteiger charge is -2.19. The van der Waals surface area contributed by atoms with Crippen LogP contribution >= 0.6 is 24.0 Å². The van der Waals surface area contributed by atoms with Crippen LogP contribution in [0.25, 0.3) is 0 Å². The van der Waals surface area contributed by atoms with E-state index in [9.17, 15) is 9.59 Å². The summed E-state index contributed by atoms with van der Waals surface area (Å²) in [5, 5.41) is 11.8. The Balaban J connectivity index is 0.00000784. The number of nitrogens with one attached hydrogen (secondary N) is 4. The summed E-state index contributed by atoms with van der Waals surface area (Å²) in [5.41, 5.74) is 1.12. The van der Waals surface area contributed by atoms with Crippen LogP contribution in [-0.4, -0.2) is 49.7 Å². The van der Waals surface area contributed by atoms with Gasteiger partial charge >= 0.3 is 6.09 Å². The number of hydrogen-bond acceptors (Lipinski definition) is 4. The van der Waals surface area contributed by atoms with Crippen molar-refractivity contribution in [2.45, 2.75) is 46.8 Å². The Morgan fingerprint density at radius 2 is 1.52 bits per heavy atom. The number of benzene rings is 1. The molecule has 0 aromatic heterocycles. The number of carbonyl (C=O) groups is 2. The first kappa shape index (κ1) is 27.0. The van der Waals surface area contributed by atoms with Crippen molar-refractivity contribution in [2.75, 3.05) is 26.2 Å². The molecule has 0 aliphatic heterocycles. The summed E-state index contributed by atoms with van der Waals surface area (Å²) < 4.78 is 5.19. The van der Waals surface area contributed by atoms with Crippen LogP contribution in [0.2, 0.25) is 0 Å². The van der Waals surface area contributed by atoms with Gasteiger partial charge < -0.3 is 26.0 Å². The van der Waals surface area contributed by atoms with Gasteiger partial charge in [-0.15, -0.1) is 24.0 Å². The predicted molar refractivity (Wildman–Crippen MR) is 127 cm³/mol.